The number of amides is 2. The quantitative estimate of drug-likeness (QED) is 0.489. The topological polar surface area (TPSA) is 88.9 Å². The maximum Gasteiger partial charge on any atom is 0.290 e. The monoisotopic (exact) mass is 543 g/mol. The van der Waals surface area contributed by atoms with Crippen LogP contribution in [0.2, 0.25) is 0 Å². The summed E-state index contributed by atoms with van der Waals surface area (Å²) in [5.74, 6) is 0.430. The van der Waals surface area contributed by atoms with E-state index in [1.807, 2.05) is 45.6 Å². The minimum absolute atomic E-state index is 0. The molecule has 0 radical (unpaired) electrons. The van der Waals surface area contributed by atoms with Gasteiger partial charge in [0.2, 0.25) is 5.91 Å². The van der Waals surface area contributed by atoms with Crippen LogP contribution in [-0.2, 0) is 20.8 Å². The number of ether oxygens (including phenoxy) is 2. The molecule has 2 saturated heterocycles. The van der Waals surface area contributed by atoms with E-state index in [1.54, 1.807) is 7.11 Å². The number of unbranched alkanes of at least 4 members (excludes halogenated alkanes) is 1. The van der Waals surface area contributed by atoms with Crippen molar-refractivity contribution in [1.29, 1.82) is 0 Å². The van der Waals surface area contributed by atoms with Gasteiger partial charge in [-0.2, -0.15) is 0 Å². The van der Waals surface area contributed by atoms with Crippen LogP contribution in [0.3, 0.4) is 0 Å². The standard InChI is InChI=1S/C25H37N5O4.2ClH/c1-3-29(20-16-19(17-26-18-20)24(31)28-11-14-34-15-12-28)25(32)23-27-21-8-4-5-9-22(21)30(23)10-6-7-13-33-2;;/h4-5,8-9,19-20,26H,3,6-7,10-18H2,1-2H3;2*1H/t19-,20+;;/m1../s1. The van der Waals surface area contributed by atoms with Crippen molar-refractivity contribution < 1.29 is 19.1 Å². The molecule has 4 rings (SSSR count). The Kier molecular flexibility index (Phi) is 12.4. The number of benzene rings is 1. The average molecular weight is 545 g/mol. The molecule has 0 unspecified atom stereocenters. The Labute approximate surface area is 225 Å². The van der Waals surface area contributed by atoms with E-state index < -0.39 is 0 Å². The molecule has 1 aromatic heterocycles. The third-order valence-corrected chi connectivity index (χ3v) is 6.87. The predicted octanol–water partition coefficient (Wildman–Crippen LogP) is 2.61. The zero-order chi connectivity index (χ0) is 23.9. The zero-order valence-corrected chi connectivity index (χ0v) is 22.8. The number of carbonyl (C=O) groups is 2. The van der Waals surface area contributed by atoms with Gasteiger partial charge in [-0.25, -0.2) is 4.98 Å². The third kappa shape index (κ3) is 6.89. The van der Waals surface area contributed by atoms with E-state index >= 15 is 0 Å². The first-order valence-electron chi connectivity index (χ1n) is 12.5. The largest absolute Gasteiger partial charge is 0.385 e. The van der Waals surface area contributed by atoms with E-state index in [9.17, 15) is 9.59 Å². The molecular formula is C25H39Cl2N5O4. The highest BCUT2D eigenvalue weighted by atomic mass is 35.5. The van der Waals surface area contributed by atoms with Crippen LogP contribution in [0.15, 0.2) is 24.3 Å². The number of piperidine rings is 1. The molecule has 202 valence electrons. The summed E-state index contributed by atoms with van der Waals surface area (Å²) >= 11 is 0. The van der Waals surface area contributed by atoms with Gasteiger partial charge in [0.1, 0.15) is 0 Å². The molecule has 2 aliphatic rings. The number of rotatable bonds is 9. The Bertz CT molecular complexity index is 983. The van der Waals surface area contributed by atoms with Crippen molar-refractivity contribution >= 4 is 47.7 Å². The first-order valence-corrected chi connectivity index (χ1v) is 12.5. The second-order valence-corrected chi connectivity index (χ2v) is 9.05. The molecule has 36 heavy (non-hydrogen) atoms. The Morgan fingerprint density at radius 1 is 1.17 bits per heavy atom. The molecule has 1 aromatic carbocycles. The van der Waals surface area contributed by atoms with Crippen LogP contribution in [0.4, 0.5) is 0 Å². The van der Waals surface area contributed by atoms with Crippen LogP contribution in [0.5, 0.6) is 0 Å². The molecule has 0 saturated carbocycles. The van der Waals surface area contributed by atoms with E-state index in [1.165, 1.54) is 0 Å². The Balaban J connectivity index is 0.00000228. The van der Waals surface area contributed by atoms with Crippen LogP contribution in [0, 0.1) is 5.92 Å². The zero-order valence-electron chi connectivity index (χ0n) is 21.2. The maximum absolute atomic E-state index is 13.8. The molecule has 2 amide bonds. The van der Waals surface area contributed by atoms with E-state index in [-0.39, 0.29) is 48.6 Å². The Hall–Kier alpha value is -1.91. The number of carbonyl (C=O) groups excluding carboxylic acids is 2. The molecule has 2 aliphatic heterocycles. The summed E-state index contributed by atoms with van der Waals surface area (Å²) in [6, 6.07) is 7.85. The highest BCUT2D eigenvalue weighted by Gasteiger charge is 2.36. The van der Waals surface area contributed by atoms with Gasteiger partial charge < -0.3 is 29.2 Å². The normalized spacial score (nSPS) is 19.9. The lowest BCUT2D eigenvalue weighted by atomic mass is 9.93. The van der Waals surface area contributed by atoms with Crippen molar-refractivity contribution in [2.75, 3.05) is 59.7 Å². The first kappa shape index (κ1) is 30.3. The number of nitrogens with one attached hydrogen (secondary N) is 1. The fourth-order valence-corrected chi connectivity index (χ4v) is 5.06. The number of methoxy groups -OCH3 is 1. The van der Waals surface area contributed by atoms with Crippen molar-refractivity contribution in [3.05, 3.63) is 30.1 Å². The van der Waals surface area contributed by atoms with Crippen molar-refractivity contribution in [3.8, 4) is 0 Å². The van der Waals surface area contributed by atoms with Crippen molar-refractivity contribution in [1.82, 2.24) is 24.7 Å². The molecule has 3 heterocycles. The van der Waals surface area contributed by atoms with Crippen LogP contribution in [0.1, 0.15) is 36.8 Å². The summed E-state index contributed by atoms with van der Waals surface area (Å²) in [7, 11) is 1.70. The van der Waals surface area contributed by atoms with Crippen LogP contribution in [0.25, 0.3) is 11.0 Å². The van der Waals surface area contributed by atoms with E-state index in [4.69, 9.17) is 14.5 Å². The molecule has 1 N–H and O–H groups in total. The van der Waals surface area contributed by atoms with Gasteiger partial charge in [0.05, 0.1) is 30.2 Å². The molecule has 0 aliphatic carbocycles. The smallest absolute Gasteiger partial charge is 0.290 e. The number of aryl methyl sites for hydroxylation is 1. The number of hydrogen-bond acceptors (Lipinski definition) is 6. The van der Waals surface area contributed by atoms with Gasteiger partial charge in [0, 0.05) is 59.0 Å². The van der Waals surface area contributed by atoms with Crippen molar-refractivity contribution in [2.45, 2.75) is 38.8 Å². The summed E-state index contributed by atoms with van der Waals surface area (Å²) in [5, 5.41) is 3.40. The number of fused-ring (bicyclic) bond motifs is 1. The lowest BCUT2D eigenvalue weighted by Crippen LogP contribution is -2.55. The fraction of sp³-hybridized carbons (Fsp3) is 0.640. The number of aromatic nitrogens is 2. The fourth-order valence-electron chi connectivity index (χ4n) is 5.06. The van der Waals surface area contributed by atoms with Gasteiger partial charge in [0.15, 0.2) is 5.82 Å². The molecule has 2 fully saturated rings. The van der Waals surface area contributed by atoms with Gasteiger partial charge in [-0.15, -0.1) is 24.8 Å². The van der Waals surface area contributed by atoms with Gasteiger partial charge in [-0.1, -0.05) is 12.1 Å². The Morgan fingerprint density at radius 2 is 1.92 bits per heavy atom. The van der Waals surface area contributed by atoms with Crippen molar-refractivity contribution in [3.63, 3.8) is 0 Å². The molecule has 0 bridgehead atoms. The first-order chi connectivity index (χ1) is 16.6. The van der Waals surface area contributed by atoms with E-state index in [0.29, 0.717) is 71.3 Å². The van der Waals surface area contributed by atoms with Gasteiger partial charge in [-0.05, 0) is 38.3 Å². The highest BCUT2D eigenvalue weighted by molar-refractivity contribution is 5.95. The molecule has 2 aromatic rings. The number of morpholine rings is 1. The molecule has 0 spiro atoms. The minimum Gasteiger partial charge on any atom is -0.385 e. The predicted molar refractivity (Wildman–Crippen MR) is 144 cm³/mol. The third-order valence-electron chi connectivity index (χ3n) is 6.87. The lowest BCUT2D eigenvalue weighted by Gasteiger charge is -2.39. The van der Waals surface area contributed by atoms with Gasteiger partial charge >= 0.3 is 0 Å². The second-order valence-electron chi connectivity index (χ2n) is 9.05. The molecule has 11 heteroatoms. The van der Waals surface area contributed by atoms with Gasteiger partial charge in [0.25, 0.3) is 5.91 Å². The Morgan fingerprint density at radius 3 is 2.64 bits per heavy atom. The summed E-state index contributed by atoms with van der Waals surface area (Å²) in [6.07, 6.45) is 2.49. The molecular weight excluding hydrogens is 505 g/mol. The number of imidazole rings is 1. The molecule has 9 nitrogen and oxygen atoms in total. The summed E-state index contributed by atoms with van der Waals surface area (Å²) in [4.78, 5) is 35.4. The van der Waals surface area contributed by atoms with Crippen LogP contribution in [-0.4, -0.2) is 96.9 Å². The number of para-hydroxylation sites is 2. The minimum atomic E-state index is -0.133. The maximum atomic E-state index is 13.8. The van der Waals surface area contributed by atoms with Crippen LogP contribution >= 0.6 is 24.8 Å². The number of halogens is 2. The van der Waals surface area contributed by atoms with Crippen molar-refractivity contribution in [2.24, 2.45) is 5.92 Å². The van der Waals surface area contributed by atoms with Crippen LogP contribution < -0.4 is 5.32 Å². The SMILES string of the molecule is CCN(C(=O)c1nc2ccccc2n1CCCCOC)[C@@H]1CNC[C@H](C(=O)N2CCOCC2)C1.Cl.Cl. The lowest BCUT2D eigenvalue weighted by molar-refractivity contribution is -0.140. The number of likely N-dealkylation sites (N-methyl/N-ethyl adjacent to an activating group) is 1. The summed E-state index contributed by atoms with van der Waals surface area (Å²) < 4.78 is 12.6. The molecule has 2 atom stereocenters. The summed E-state index contributed by atoms with van der Waals surface area (Å²) in [6.45, 7) is 7.77. The number of hydrogen-bond donors (Lipinski definition) is 1. The summed E-state index contributed by atoms with van der Waals surface area (Å²) in [5.41, 5.74) is 1.80. The van der Waals surface area contributed by atoms with Gasteiger partial charge in [-0.3, -0.25) is 9.59 Å². The van der Waals surface area contributed by atoms with E-state index in [2.05, 4.69) is 5.32 Å². The highest BCUT2D eigenvalue weighted by Crippen LogP contribution is 2.23. The second kappa shape index (κ2) is 14.7. The average Bonchev–Trinajstić information content (AvgIpc) is 3.26. The van der Waals surface area contributed by atoms with E-state index in [0.717, 1.165) is 23.9 Å². The number of nitrogens with zero attached hydrogens (tertiary/aromatic N) is 4.